The Morgan fingerprint density at radius 1 is 1.04 bits per heavy atom. The highest BCUT2D eigenvalue weighted by Gasteiger charge is 2.49. The lowest BCUT2D eigenvalue weighted by molar-refractivity contribution is -0.315. The molecule has 0 saturated carbocycles. The van der Waals surface area contributed by atoms with Crippen molar-refractivity contribution in [2.24, 2.45) is 0 Å². The summed E-state index contributed by atoms with van der Waals surface area (Å²) < 4.78 is 30.6. The van der Waals surface area contributed by atoms with Crippen LogP contribution < -0.4 is 0 Å². The Labute approximate surface area is 158 Å². The van der Waals surface area contributed by atoms with E-state index in [2.05, 4.69) is 33.9 Å². The average molecular weight is 381 g/mol. The Morgan fingerprint density at radius 2 is 1.73 bits per heavy atom. The standard InChI is InChI=1S/C20H32O5Si/c1-20(2,3)26(5,6)25-16-13-22-15-12-23-19(14-10-8-7-9-11-14)24-18(15)17(16)21-4/h7-11,15-19H,12-13H2,1-6H3/t15-,16+,17-,18?,19-/m1/s1. The summed E-state index contributed by atoms with van der Waals surface area (Å²) in [5.41, 5.74) is 1.01. The van der Waals surface area contributed by atoms with E-state index in [0.717, 1.165) is 5.56 Å². The van der Waals surface area contributed by atoms with E-state index in [1.165, 1.54) is 0 Å². The van der Waals surface area contributed by atoms with E-state index >= 15 is 0 Å². The molecular weight excluding hydrogens is 348 g/mol. The summed E-state index contributed by atoms with van der Waals surface area (Å²) in [5, 5.41) is 0.130. The first-order valence-corrected chi connectivity index (χ1v) is 12.3. The van der Waals surface area contributed by atoms with Crippen LogP contribution in [-0.2, 0) is 23.4 Å². The van der Waals surface area contributed by atoms with Gasteiger partial charge in [0, 0.05) is 12.7 Å². The van der Waals surface area contributed by atoms with Gasteiger partial charge < -0.3 is 23.4 Å². The number of hydrogen-bond acceptors (Lipinski definition) is 5. The number of benzene rings is 1. The second-order valence-electron chi connectivity index (χ2n) is 8.67. The molecule has 5 nitrogen and oxygen atoms in total. The molecule has 3 rings (SSSR count). The highest BCUT2D eigenvalue weighted by Crippen LogP contribution is 2.40. The fourth-order valence-electron chi connectivity index (χ4n) is 3.23. The third-order valence-corrected chi connectivity index (χ3v) is 10.3. The smallest absolute Gasteiger partial charge is 0.192 e. The van der Waals surface area contributed by atoms with Crippen molar-refractivity contribution in [3.63, 3.8) is 0 Å². The summed E-state index contributed by atoms with van der Waals surface area (Å²) in [6, 6.07) is 9.99. The first-order chi connectivity index (χ1) is 12.2. The van der Waals surface area contributed by atoms with Crippen molar-refractivity contribution in [1.82, 2.24) is 0 Å². The van der Waals surface area contributed by atoms with Gasteiger partial charge in [-0.15, -0.1) is 0 Å². The zero-order chi connectivity index (χ0) is 18.9. The molecule has 26 heavy (non-hydrogen) atoms. The van der Waals surface area contributed by atoms with Crippen LogP contribution in [0.1, 0.15) is 32.6 Å². The second-order valence-corrected chi connectivity index (χ2v) is 13.4. The average Bonchev–Trinajstić information content (AvgIpc) is 2.60. The molecule has 2 saturated heterocycles. The molecule has 0 bridgehead atoms. The molecule has 0 amide bonds. The van der Waals surface area contributed by atoms with Gasteiger partial charge in [-0.3, -0.25) is 0 Å². The summed E-state index contributed by atoms with van der Waals surface area (Å²) in [5.74, 6) is 0. The van der Waals surface area contributed by atoms with Gasteiger partial charge in [-0.05, 0) is 18.1 Å². The van der Waals surface area contributed by atoms with Gasteiger partial charge in [0.15, 0.2) is 14.6 Å². The molecule has 2 aliphatic rings. The van der Waals surface area contributed by atoms with Gasteiger partial charge in [0.25, 0.3) is 0 Å². The van der Waals surface area contributed by atoms with Gasteiger partial charge in [-0.25, -0.2) is 0 Å². The maximum atomic E-state index is 6.60. The fourth-order valence-corrected chi connectivity index (χ4v) is 4.54. The highest BCUT2D eigenvalue weighted by molar-refractivity contribution is 6.74. The van der Waals surface area contributed by atoms with E-state index < -0.39 is 14.6 Å². The number of methoxy groups -OCH3 is 1. The number of rotatable bonds is 4. The van der Waals surface area contributed by atoms with Gasteiger partial charge in [-0.2, -0.15) is 0 Å². The minimum absolute atomic E-state index is 0.126. The molecule has 1 aromatic carbocycles. The summed E-state index contributed by atoms with van der Waals surface area (Å²) in [4.78, 5) is 0. The molecule has 0 N–H and O–H groups in total. The molecule has 1 aromatic rings. The molecule has 0 spiro atoms. The topological polar surface area (TPSA) is 46.2 Å². The van der Waals surface area contributed by atoms with E-state index in [1.54, 1.807) is 7.11 Å². The first-order valence-electron chi connectivity index (χ1n) is 9.37. The van der Waals surface area contributed by atoms with E-state index in [9.17, 15) is 0 Å². The molecule has 0 aromatic heterocycles. The van der Waals surface area contributed by atoms with Crippen molar-refractivity contribution >= 4 is 8.32 Å². The molecule has 0 radical (unpaired) electrons. The van der Waals surface area contributed by atoms with Gasteiger partial charge >= 0.3 is 0 Å². The quantitative estimate of drug-likeness (QED) is 0.741. The molecule has 2 fully saturated rings. The zero-order valence-electron chi connectivity index (χ0n) is 16.7. The molecule has 6 heteroatoms. The van der Waals surface area contributed by atoms with Crippen LogP contribution in [0, 0.1) is 0 Å². The minimum atomic E-state index is -1.93. The Morgan fingerprint density at radius 3 is 2.35 bits per heavy atom. The summed E-state index contributed by atoms with van der Waals surface area (Å²) in [7, 11) is -0.207. The summed E-state index contributed by atoms with van der Waals surface area (Å²) in [6.45, 7) is 12.2. The normalized spacial score (nSPS) is 32.9. The van der Waals surface area contributed by atoms with Crippen LogP contribution in [0.3, 0.4) is 0 Å². The van der Waals surface area contributed by atoms with Crippen molar-refractivity contribution in [2.75, 3.05) is 20.3 Å². The van der Waals surface area contributed by atoms with Gasteiger partial charge in [0.1, 0.15) is 18.3 Å². The lowest BCUT2D eigenvalue weighted by Gasteiger charge is -2.48. The predicted molar refractivity (Wildman–Crippen MR) is 103 cm³/mol. The van der Waals surface area contributed by atoms with E-state index in [-0.39, 0.29) is 29.5 Å². The molecule has 0 aliphatic carbocycles. The number of fused-ring (bicyclic) bond motifs is 1. The second kappa shape index (κ2) is 7.70. The van der Waals surface area contributed by atoms with E-state index in [4.69, 9.17) is 23.4 Å². The third kappa shape index (κ3) is 4.05. The first kappa shape index (κ1) is 20.0. The van der Waals surface area contributed by atoms with Crippen molar-refractivity contribution in [1.29, 1.82) is 0 Å². The van der Waals surface area contributed by atoms with E-state index in [0.29, 0.717) is 13.2 Å². The largest absolute Gasteiger partial charge is 0.409 e. The van der Waals surface area contributed by atoms with Gasteiger partial charge in [0.05, 0.1) is 19.3 Å². The number of hydrogen-bond donors (Lipinski definition) is 0. The Hall–Kier alpha value is -0.763. The van der Waals surface area contributed by atoms with Crippen LogP contribution in [0.2, 0.25) is 18.1 Å². The van der Waals surface area contributed by atoms with Crippen LogP contribution in [-0.4, -0.2) is 53.1 Å². The van der Waals surface area contributed by atoms with Crippen LogP contribution in [0.4, 0.5) is 0 Å². The molecule has 2 aliphatic heterocycles. The van der Waals surface area contributed by atoms with Crippen LogP contribution in [0.5, 0.6) is 0 Å². The highest BCUT2D eigenvalue weighted by atomic mass is 28.4. The Balaban J connectivity index is 1.75. The SMILES string of the molecule is CO[C@H]1C2O[C@H](c3ccccc3)OC[C@H]2OC[C@@H]1O[Si](C)(C)C(C)(C)C. The van der Waals surface area contributed by atoms with Crippen molar-refractivity contribution < 1.29 is 23.4 Å². The van der Waals surface area contributed by atoms with Gasteiger partial charge in [0.2, 0.25) is 0 Å². The Bertz CT molecular complexity index is 586. The van der Waals surface area contributed by atoms with Crippen LogP contribution in [0.25, 0.3) is 0 Å². The van der Waals surface area contributed by atoms with Crippen LogP contribution >= 0.6 is 0 Å². The third-order valence-electron chi connectivity index (χ3n) is 5.82. The van der Waals surface area contributed by atoms with Crippen LogP contribution in [0.15, 0.2) is 30.3 Å². The van der Waals surface area contributed by atoms with E-state index in [1.807, 2.05) is 30.3 Å². The lowest BCUT2D eigenvalue weighted by atomic mass is 9.99. The zero-order valence-corrected chi connectivity index (χ0v) is 17.7. The minimum Gasteiger partial charge on any atom is -0.409 e. The van der Waals surface area contributed by atoms with Crippen molar-refractivity contribution in [3.05, 3.63) is 35.9 Å². The molecule has 2 heterocycles. The van der Waals surface area contributed by atoms with Crippen molar-refractivity contribution in [2.45, 2.75) is 69.6 Å². The monoisotopic (exact) mass is 380 g/mol. The Kier molecular flexibility index (Phi) is 5.92. The lowest BCUT2D eigenvalue weighted by Crippen LogP contribution is -2.61. The summed E-state index contributed by atoms with van der Waals surface area (Å²) in [6.07, 6.45) is -1.03. The molecule has 5 atom stereocenters. The predicted octanol–water partition coefficient (Wildman–Crippen LogP) is 3.90. The van der Waals surface area contributed by atoms with Crippen molar-refractivity contribution in [3.8, 4) is 0 Å². The maximum absolute atomic E-state index is 6.60. The summed E-state index contributed by atoms with van der Waals surface area (Å²) >= 11 is 0. The number of ether oxygens (including phenoxy) is 4. The maximum Gasteiger partial charge on any atom is 0.192 e. The van der Waals surface area contributed by atoms with Gasteiger partial charge in [-0.1, -0.05) is 51.1 Å². The molecular formula is C20H32O5Si. The molecule has 146 valence electrons. The molecule has 1 unspecified atom stereocenters. The fraction of sp³-hybridized carbons (Fsp3) is 0.700.